The molecule has 1 atom stereocenters. The lowest BCUT2D eigenvalue weighted by Crippen LogP contribution is -2.30. The molecule has 0 N–H and O–H groups in total. The molecule has 10 rings (SSSR count). The first-order chi connectivity index (χ1) is 24.7. The van der Waals surface area contributed by atoms with Crippen LogP contribution >= 0.6 is 11.3 Å². The molecule has 0 fully saturated rings. The van der Waals surface area contributed by atoms with Crippen LogP contribution in [0.15, 0.2) is 161 Å². The molecule has 1 aliphatic heterocycles. The highest BCUT2D eigenvalue weighted by atomic mass is 32.1. The van der Waals surface area contributed by atoms with Crippen molar-refractivity contribution in [3.63, 3.8) is 0 Å². The standard InChI is InChI=1S/C46H33N2OS/c1-29-25-39(34-24-23-31-12-2-3-13-32(31)27-34)47-46(38-18-10-22-43-45(38)37-16-5-7-21-42(37)50-43)48(29)28-30-11-8-14-33(26-30)35-17-9-20-41-44(35)36-15-4-6-19-40(36)49-41/h2-24,26-27,46H,25,28H2,1H3/q+1. The number of nitrogens with zero attached hydrogens (tertiary/aromatic N) is 2. The molecule has 0 amide bonds. The van der Waals surface area contributed by atoms with Gasteiger partial charge in [-0.15, -0.1) is 11.3 Å². The second-order valence-corrected chi connectivity index (χ2v) is 14.4. The summed E-state index contributed by atoms with van der Waals surface area (Å²) in [5.74, 6) is 0. The molecule has 0 spiro atoms. The molecule has 3 heterocycles. The van der Waals surface area contributed by atoms with E-state index in [1.54, 1.807) is 0 Å². The van der Waals surface area contributed by atoms with Gasteiger partial charge in [0.2, 0.25) is 0 Å². The second kappa shape index (κ2) is 11.6. The van der Waals surface area contributed by atoms with Gasteiger partial charge in [-0.25, -0.2) is 9.57 Å². The minimum Gasteiger partial charge on any atom is -0.456 e. The third kappa shape index (κ3) is 4.79. The summed E-state index contributed by atoms with van der Waals surface area (Å²) in [6, 6.07) is 54.6. The fraction of sp³-hybridized carbons (Fsp3) is 0.0870. The number of benzene rings is 7. The molecule has 1 aliphatic rings. The molecule has 0 aliphatic carbocycles. The molecule has 3 nitrogen and oxygen atoms in total. The van der Waals surface area contributed by atoms with E-state index in [4.69, 9.17) is 9.41 Å². The number of thiophene rings is 1. The summed E-state index contributed by atoms with van der Waals surface area (Å²) in [5.41, 5.74) is 10.4. The predicted octanol–water partition coefficient (Wildman–Crippen LogP) is 12.3. The van der Waals surface area contributed by atoms with Gasteiger partial charge < -0.3 is 4.42 Å². The Morgan fingerprint density at radius 2 is 1.40 bits per heavy atom. The molecule has 7 aromatic carbocycles. The normalized spacial score (nSPS) is 15.1. The van der Waals surface area contributed by atoms with Gasteiger partial charge in [0.25, 0.3) is 6.17 Å². The van der Waals surface area contributed by atoms with Gasteiger partial charge >= 0.3 is 0 Å². The Labute approximate surface area is 294 Å². The fourth-order valence-corrected chi connectivity index (χ4v) is 9.03. The molecule has 0 saturated carbocycles. The highest BCUT2D eigenvalue weighted by Crippen LogP contribution is 2.41. The molecule has 0 radical (unpaired) electrons. The van der Waals surface area contributed by atoms with Crippen molar-refractivity contribution in [2.45, 2.75) is 26.1 Å². The van der Waals surface area contributed by atoms with Crippen LogP contribution in [0.1, 0.15) is 36.2 Å². The molecule has 0 bridgehead atoms. The van der Waals surface area contributed by atoms with E-state index < -0.39 is 0 Å². The maximum Gasteiger partial charge on any atom is 0.273 e. The summed E-state index contributed by atoms with van der Waals surface area (Å²) in [7, 11) is 0. The van der Waals surface area contributed by atoms with Crippen LogP contribution in [0.5, 0.6) is 0 Å². The molecule has 1 unspecified atom stereocenters. The summed E-state index contributed by atoms with van der Waals surface area (Å²) in [6.07, 6.45) is 0.631. The van der Waals surface area contributed by atoms with E-state index in [0.717, 1.165) is 35.2 Å². The van der Waals surface area contributed by atoms with Gasteiger partial charge in [-0.1, -0.05) is 109 Å². The smallest absolute Gasteiger partial charge is 0.273 e. The van der Waals surface area contributed by atoms with Crippen LogP contribution in [0.4, 0.5) is 0 Å². The lowest BCUT2D eigenvalue weighted by Gasteiger charge is -2.23. The lowest BCUT2D eigenvalue weighted by molar-refractivity contribution is -0.588. The van der Waals surface area contributed by atoms with Crippen molar-refractivity contribution >= 4 is 75.6 Å². The Hall–Kier alpha value is -5.84. The Kier molecular flexibility index (Phi) is 6.78. The summed E-state index contributed by atoms with van der Waals surface area (Å²) < 4.78 is 11.4. The van der Waals surface area contributed by atoms with Crippen molar-refractivity contribution in [1.29, 1.82) is 0 Å². The molecule has 50 heavy (non-hydrogen) atoms. The first-order valence-electron chi connectivity index (χ1n) is 17.2. The molecule has 238 valence electrons. The van der Waals surface area contributed by atoms with Gasteiger partial charge in [0.05, 0.1) is 17.7 Å². The molecule has 2 aromatic heterocycles. The van der Waals surface area contributed by atoms with Gasteiger partial charge in [-0.05, 0) is 69.9 Å². The number of hydrogen-bond donors (Lipinski definition) is 0. The van der Waals surface area contributed by atoms with E-state index in [0.29, 0.717) is 0 Å². The first-order valence-corrected chi connectivity index (χ1v) is 18.0. The molecular weight excluding hydrogens is 629 g/mol. The Morgan fingerprint density at radius 3 is 2.34 bits per heavy atom. The van der Waals surface area contributed by atoms with Crippen molar-refractivity contribution in [3.8, 4) is 11.1 Å². The monoisotopic (exact) mass is 661 g/mol. The molecular formula is C46H33N2OS+. The molecule has 4 heteroatoms. The van der Waals surface area contributed by atoms with Crippen LogP contribution in [0.3, 0.4) is 0 Å². The minimum atomic E-state index is -0.170. The number of fused-ring (bicyclic) bond motifs is 7. The predicted molar refractivity (Wildman–Crippen MR) is 211 cm³/mol. The lowest BCUT2D eigenvalue weighted by atomic mass is 9.96. The summed E-state index contributed by atoms with van der Waals surface area (Å²) >= 11 is 1.86. The summed E-state index contributed by atoms with van der Waals surface area (Å²) in [6.45, 7) is 3.04. The number of rotatable bonds is 5. The van der Waals surface area contributed by atoms with Gasteiger partial charge in [-0.3, -0.25) is 0 Å². The average molecular weight is 662 g/mol. The fourth-order valence-electron chi connectivity index (χ4n) is 7.89. The Balaban J connectivity index is 1.11. The van der Waals surface area contributed by atoms with Gasteiger partial charge in [0.15, 0.2) is 12.3 Å². The first kappa shape index (κ1) is 29.1. The zero-order valence-electron chi connectivity index (χ0n) is 27.6. The van der Waals surface area contributed by atoms with E-state index in [9.17, 15) is 0 Å². The minimum absolute atomic E-state index is 0.170. The maximum absolute atomic E-state index is 6.25. The molecule has 9 aromatic rings. The second-order valence-electron chi connectivity index (χ2n) is 13.3. The Bertz CT molecular complexity index is 2850. The number of hydrogen-bond acceptors (Lipinski definition) is 3. The van der Waals surface area contributed by atoms with Crippen LogP contribution in [0.25, 0.3) is 64.0 Å². The van der Waals surface area contributed by atoms with E-state index in [1.165, 1.54) is 69.9 Å². The third-order valence-corrected chi connectivity index (χ3v) is 11.4. The topological polar surface area (TPSA) is 28.5 Å². The van der Waals surface area contributed by atoms with Crippen LogP contribution < -0.4 is 0 Å². The van der Waals surface area contributed by atoms with Crippen molar-refractivity contribution in [2.75, 3.05) is 0 Å². The SMILES string of the molecule is CC1=[N+](Cc2cccc(-c3cccc4oc5ccccc5c34)c2)C(c2cccc3sc4ccccc4c23)N=C(c2ccc3ccccc3c2)C1. The van der Waals surface area contributed by atoms with Crippen LogP contribution in [0.2, 0.25) is 0 Å². The van der Waals surface area contributed by atoms with Crippen LogP contribution in [0, 0.1) is 0 Å². The number of aliphatic imine (C=N–C) groups is 1. The van der Waals surface area contributed by atoms with Crippen molar-refractivity contribution in [3.05, 3.63) is 168 Å². The molecule has 0 saturated heterocycles. The van der Waals surface area contributed by atoms with Crippen molar-refractivity contribution in [2.24, 2.45) is 4.99 Å². The van der Waals surface area contributed by atoms with E-state index in [-0.39, 0.29) is 6.17 Å². The van der Waals surface area contributed by atoms with Gasteiger partial charge in [0, 0.05) is 43.4 Å². The van der Waals surface area contributed by atoms with E-state index in [1.807, 2.05) is 17.4 Å². The van der Waals surface area contributed by atoms with Crippen LogP contribution in [-0.2, 0) is 6.54 Å². The average Bonchev–Trinajstić information content (AvgIpc) is 3.74. The zero-order chi connectivity index (χ0) is 33.2. The number of para-hydroxylation sites is 1. The third-order valence-electron chi connectivity index (χ3n) is 10.3. The Morgan fingerprint density at radius 1 is 0.640 bits per heavy atom. The maximum atomic E-state index is 6.25. The van der Waals surface area contributed by atoms with Gasteiger partial charge in [0.1, 0.15) is 11.2 Å². The van der Waals surface area contributed by atoms with E-state index >= 15 is 0 Å². The van der Waals surface area contributed by atoms with Gasteiger partial charge in [-0.2, -0.15) is 0 Å². The highest BCUT2D eigenvalue weighted by Gasteiger charge is 2.33. The quantitative estimate of drug-likeness (QED) is 0.169. The summed E-state index contributed by atoms with van der Waals surface area (Å²) in [4.78, 5) is 5.66. The van der Waals surface area contributed by atoms with Crippen molar-refractivity contribution < 1.29 is 8.99 Å². The highest BCUT2D eigenvalue weighted by molar-refractivity contribution is 7.25. The van der Waals surface area contributed by atoms with Crippen molar-refractivity contribution in [1.82, 2.24) is 0 Å². The van der Waals surface area contributed by atoms with Crippen LogP contribution in [-0.4, -0.2) is 16.0 Å². The van der Waals surface area contributed by atoms with E-state index in [2.05, 4.69) is 157 Å². The zero-order valence-corrected chi connectivity index (χ0v) is 28.5. The largest absolute Gasteiger partial charge is 0.456 e. The summed E-state index contributed by atoms with van der Waals surface area (Å²) in [5, 5.41) is 7.42. The number of furan rings is 1.